The number of halogens is 3. The molecule has 0 unspecified atom stereocenters. The second-order valence-electron chi connectivity index (χ2n) is 8.72. The Hall–Kier alpha value is -3.62. The molecule has 1 aromatic heterocycles. The molecular formula is C25H26F3N3O3. The standard InChI is InChI=1S/C25H26F3N3O3/c1-5-34-23(33)20-14-21(24(2,3)4)31(30-20)19-12-8-17(9-13-19)22(32)29-15-16-6-10-18(11-7-16)25(26,27)28/h6-14H,5,15H2,1-4H3,(H,29,32). The molecule has 0 aliphatic heterocycles. The predicted molar refractivity (Wildman–Crippen MR) is 121 cm³/mol. The molecule has 0 bridgehead atoms. The van der Waals surface area contributed by atoms with E-state index in [-0.39, 0.29) is 30.2 Å². The fourth-order valence-corrected chi connectivity index (χ4v) is 3.27. The van der Waals surface area contributed by atoms with Gasteiger partial charge < -0.3 is 10.1 Å². The molecule has 0 spiro atoms. The van der Waals surface area contributed by atoms with Gasteiger partial charge in [0.05, 0.1) is 23.6 Å². The van der Waals surface area contributed by atoms with Gasteiger partial charge in [0, 0.05) is 17.5 Å². The van der Waals surface area contributed by atoms with Gasteiger partial charge in [0.1, 0.15) is 0 Å². The number of amides is 1. The van der Waals surface area contributed by atoms with Gasteiger partial charge >= 0.3 is 12.1 Å². The number of carbonyl (C=O) groups is 2. The lowest BCUT2D eigenvalue weighted by Crippen LogP contribution is -2.23. The summed E-state index contributed by atoms with van der Waals surface area (Å²) in [5, 5.41) is 7.10. The summed E-state index contributed by atoms with van der Waals surface area (Å²) in [5.41, 5.74) is 1.55. The minimum absolute atomic E-state index is 0.0922. The molecule has 2 aromatic carbocycles. The zero-order valence-corrected chi connectivity index (χ0v) is 19.4. The highest BCUT2D eigenvalue weighted by Crippen LogP contribution is 2.29. The average Bonchev–Trinajstić information content (AvgIpc) is 3.24. The van der Waals surface area contributed by atoms with E-state index in [0.29, 0.717) is 16.8 Å². The molecule has 3 rings (SSSR count). The van der Waals surface area contributed by atoms with Gasteiger partial charge in [0.25, 0.3) is 5.91 Å². The Morgan fingerprint density at radius 3 is 2.15 bits per heavy atom. The van der Waals surface area contributed by atoms with E-state index in [1.165, 1.54) is 12.1 Å². The van der Waals surface area contributed by atoms with E-state index in [9.17, 15) is 22.8 Å². The van der Waals surface area contributed by atoms with Crippen LogP contribution in [0, 0.1) is 0 Å². The molecular weight excluding hydrogens is 447 g/mol. The number of rotatable bonds is 6. The van der Waals surface area contributed by atoms with Crippen LogP contribution in [0.5, 0.6) is 0 Å². The summed E-state index contributed by atoms with van der Waals surface area (Å²) < 4.78 is 44.7. The van der Waals surface area contributed by atoms with Gasteiger partial charge in [0.15, 0.2) is 5.69 Å². The maximum atomic E-state index is 12.7. The summed E-state index contributed by atoms with van der Waals surface area (Å²) in [6, 6.07) is 13.0. The highest BCUT2D eigenvalue weighted by atomic mass is 19.4. The van der Waals surface area contributed by atoms with Crippen LogP contribution in [0.3, 0.4) is 0 Å². The van der Waals surface area contributed by atoms with Crippen LogP contribution >= 0.6 is 0 Å². The lowest BCUT2D eigenvalue weighted by Gasteiger charge is -2.20. The monoisotopic (exact) mass is 473 g/mol. The molecule has 1 N–H and O–H groups in total. The largest absolute Gasteiger partial charge is 0.461 e. The molecule has 0 aliphatic rings. The summed E-state index contributed by atoms with van der Waals surface area (Å²) in [5.74, 6) is -0.874. The van der Waals surface area contributed by atoms with Crippen LogP contribution in [0.1, 0.15) is 65.4 Å². The summed E-state index contributed by atoms with van der Waals surface area (Å²) in [6.07, 6.45) is -4.40. The SMILES string of the molecule is CCOC(=O)c1cc(C(C)(C)C)n(-c2ccc(C(=O)NCc3ccc(C(F)(F)F)cc3)cc2)n1. The number of hydrogen-bond acceptors (Lipinski definition) is 4. The van der Waals surface area contributed by atoms with Crippen LogP contribution in [0.15, 0.2) is 54.6 Å². The van der Waals surface area contributed by atoms with Crippen molar-refractivity contribution in [3.63, 3.8) is 0 Å². The topological polar surface area (TPSA) is 73.2 Å². The first-order valence-corrected chi connectivity index (χ1v) is 10.7. The highest BCUT2D eigenvalue weighted by molar-refractivity contribution is 5.94. The number of alkyl halides is 3. The number of nitrogens with zero attached hydrogens (tertiary/aromatic N) is 2. The van der Waals surface area contributed by atoms with Gasteiger partial charge in [-0.05, 0) is 55.0 Å². The molecule has 1 amide bonds. The molecule has 0 saturated carbocycles. The zero-order chi connectivity index (χ0) is 25.1. The lowest BCUT2D eigenvalue weighted by molar-refractivity contribution is -0.137. The first kappa shape index (κ1) is 25.0. The van der Waals surface area contributed by atoms with E-state index in [2.05, 4.69) is 10.4 Å². The number of esters is 1. The first-order valence-electron chi connectivity index (χ1n) is 10.7. The maximum absolute atomic E-state index is 12.7. The summed E-state index contributed by atoms with van der Waals surface area (Å²) in [6.45, 7) is 8.05. The molecule has 3 aromatic rings. The number of carbonyl (C=O) groups excluding carboxylic acids is 2. The van der Waals surface area contributed by atoms with Crippen molar-refractivity contribution in [2.45, 2.75) is 45.8 Å². The Kier molecular flexibility index (Phi) is 7.14. The van der Waals surface area contributed by atoms with E-state index < -0.39 is 17.7 Å². The number of nitrogens with one attached hydrogen (secondary N) is 1. The number of ether oxygens (including phenoxy) is 1. The van der Waals surface area contributed by atoms with E-state index in [4.69, 9.17) is 4.74 Å². The Morgan fingerprint density at radius 2 is 1.62 bits per heavy atom. The molecule has 0 atom stereocenters. The zero-order valence-electron chi connectivity index (χ0n) is 19.4. The Labute approximate surface area is 195 Å². The van der Waals surface area contributed by atoms with Crippen LogP contribution in [0.25, 0.3) is 5.69 Å². The number of hydrogen-bond donors (Lipinski definition) is 1. The second-order valence-corrected chi connectivity index (χ2v) is 8.72. The van der Waals surface area contributed by atoms with E-state index in [0.717, 1.165) is 17.8 Å². The molecule has 0 radical (unpaired) electrons. The maximum Gasteiger partial charge on any atom is 0.416 e. The molecule has 180 valence electrons. The van der Waals surface area contributed by atoms with Gasteiger partial charge in [-0.25, -0.2) is 9.48 Å². The first-order chi connectivity index (χ1) is 15.9. The molecule has 0 saturated heterocycles. The summed E-state index contributed by atoms with van der Waals surface area (Å²) >= 11 is 0. The normalized spacial score (nSPS) is 11.9. The van der Waals surface area contributed by atoms with Crippen molar-refractivity contribution < 1.29 is 27.5 Å². The van der Waals surface area contributed by atoms with Crippen molar-refractivity contribution in [3.8, 4) is 5.69 Å². The van der Waals surface area contributed by atoms with Gasteiger partial charge in [-0.3, -0.25) is 4.79 Å². The molecule has 6 nitrogen and oxygen atoms in total. The average molecular weight is 473 g/mol. The van der Waals surface area contributed by atoms with Crippen molar-refractivity contribution >= 4 is 11.9 Å². The number of benzene rings is 2. The Balaban J connectivity index is 1.74. The number of aromatic nitrogens is 2. The van der Waals surface area contributed by atoms with E-state index in [1.807, 2.05) is 20.8 Å². The second kappa shape index (κ2) is 9.70. The van der Waals surface area contributed by atoms with Crippen LogP contribution in [-0.2, 0) is 22.9 Å². The lowest BCUT2D eigenvalue weighted by atomic mass is 9.91. The fraction of sp³-hybridized carbons (Fsp3) is 0.320. The highest BCUT2D eigenvalue weighted by Gasteiger charge is 2.30. The molecule has 34 heavy (non-hydrogen) atoms. The van der Waals surface area contributed by atoms with Gasteiger partial charge in [0.2, 0.25) is 0 Å². The third-order valence-electron chi connectivity index (χ3n) is 5.07. The van der Waals surface area contributed by atoms with Gasteiger partial charge in [-0.15, -0.1) is 0 Å². The molecule has 0 aliphatic carbocycles. The van der Waals surface area contributed by atoms with E-state index >= 15 is 0 Å². The smallest absolute Gasteiger partial charge is 0.416 e. The van der Waals surface area contributed by atoms with Gasteiger partial charge in [-0.1, -0.05) is 32.9 Å². The van der Waals surface area contributed by atoms with Crippen molar-refractivity contribution in [1.29, 1.82) is 0 Å². The molecule has 0 fully saturated rings. The third kappa shape index (κ3) is 5.84. The van der Waals surface area contributed by atoms with Crippen LogP contribution < -0.4 is 5.32 Å². The predicted octanol–water partition coefficient (Wildman–Crippen LogP) is 5.30. The van der Waals surface area contributed by atoms with Gasteiger partial charge in [-0.2, -0.15) is 18.3 Å². The Morgan fingerprint density at radius 1 is 1.00 bits per heavy atom. The van der Waals surface area contributed by atoms with Crippen LogP contribution in [0.4, 0.5) is 13.2 Å². The summed E-state index contributed by atoms with van der Waals surface area (Å²) in [4.78, 5) is 24.7. The van der Waals surface area contributed by atoms with Crippen molar-refractivity contribution in [3.05, 3.63) is 82.7 Å². The Bertz CT molecular complexity index is 1160. The van der Waals surface area contributed by atoms with Crippen molar-refractivity contribution in [2.75, 3.05) is 6.61 Å². The fourth-order valence-electron chi connectivity index (χ4n) is 3.27. The van der Waals surface area contributed by atoms with Crippen LogP contribution in [0.2, 0.25) is 0 Å². The van der Waals surface area contributed by atoms with Crippen molar-refractivity contribution in [2.24, 2.45) is 0 Å². The van der Waals surface area contributed by atoms with Crippen LogP contribution in [-0.4, -0.2) is 28.3 Å². The van der Waals surface area contributed by atoms with E-state index in [1.54, 1.807) is 41.9 Å². The minimum Gasteiger partial charge on any atom is -0.461 e. The third-order valence-corrected chi connectivity index (χ3v) is 5.07. The molecule has 1 heterocycles. The summed E-state index contributed by atoms with van der Waals surface area (Å²) in [7, 11) is 0. The minimum atomic E-state index is -4.40. The molecule has 9 heteroatoms. The van der Waals surface area contributed by atoms with Crippen molar-refractivity contribution in [1.82, 2.24) is 15.1 Å². The quantitative estimate of drug-likeness (QED) is 0.494.